The van der Waals surface area contributed by atoms with Gasteiger partial charge in [0.2, 0.25) is 5.91 Å². The van der Waals surface area contributed by atoms with Gasteiger partial charge in [-0.05, 0) is 36.8 Å². The third kappa shape index (κ3) is 1.76. The fraction of sp³-hybridized carbons (Fsp3) is 0.583. The molecule has 1 saturated carbocycles. The highest BCUT2D eigenvalue weighted by Crippen LogP contribution is 2.39. The molecule has 1 aromatic heterocycles. The van der Waals surface area contributed by atoms with Crippen LogP contribution in [-0.4, -0.2) is 25.0 Å². The van der Waals surface area contributed by atoms with Crippen molar-refractivity contribution in [2.24, 2.45) is 11.8 Å². The average molecular weight is 236 g/mol. The molecule has 3 fully saturated rings. The highest BCUT2D eigenvalue weighted by atomic mass is 32.1. The molecule has 2 saturated heterocycles. The van der Waals surface area contributed by atoms with E-state index in [1.165, 1.54) is 11.3 Å². The lowest BCUT2D eigenvalue weighted by Crippen LogP contribution is -2.47. The van der Waals surface area contributed by atoms with E-state index < -0.39 is 0 Å². The van der Waals surface area contributed by atoms with Gasteiger partial charge in [0.15, 0.2) is 0 Å². The summed E-state index contributed by atoms with van der Waals surface area (Å²) < 4.78 is 0. The molecule has 1 aliphatic carbocycles. The van der Waals surface area contributed by atoms with Crippen molar-refractivity contribution in [3.63, 3.8) is 0 Å². The predicted molar refractivity (Wildman–Crippen MR) is 64.4 cm³/mol. The SMILES string of the molecule is O=C(NCCc1cccs1)C1C2CNC1C2. The Kier molecular flexibility index (Phi) is 2.69. The first-order valence-electron chi connectivity index (χ1n) is 5.88. The average Bonchev–Trinajstić information content (AvgIpc) is 2.94. The van der Waals surface area contributed by atoms with Crippen molar-refractivity contribution in [1.82, 2.24) is 10.6 Å². The molecule has 2 aliphatic heterocycles. The predicted octanol–water partition coefficient (Wildman–Crippen LogP) is 1.01. The number of carbonyl (C=O) groups excluding carboxylic acids is 1. The summed E-state index contributed by atoms with van der Waals surface area (Å²) in [7, 11) is 0. The summed E-state index contributed by atoms with van der Waals surface area (Å²) in [6.07, 6.45) is 2.15. The Hall–Kier alpha value is -0.870. The minimum absolute atomic E-state index is 0.253. The lowest BCUT2D eigenvalue weighted by Gasteiger charge is -2.32. The maximum Gasteiger partial charge on any atom is 0.225 e. The first kappa shape index (κ1) is 10.3. The summed E-state index contributed by atoms with van der Waals surface area (Å²) in [6.45, 7) is 1.81. The van der Waals surface area contributed by atoms with Crippen molar-refractivity contribution >= 4 is 17.2 Å². The van der Waals surface area contributed by atoms with Crippen molar-refractivity contribution in [3.8, 4) is 0 Å². The smallest absolute Gasteiger partial charge is 0.225 e. The molecular formula is C12H16N2OS. The van der Waals surface area contributed by atoms with Crippen LogP contribution in [0.15, 0.2) is 17.5 Å². The quantitative estimate of drug-likeness (QED) is 0.819. The monoisotopic (exact) mass is 236 g/mol. The van der Waals surface area contributed by atoms with Crippen molar-refractivity contribution in [2.75, 3.05) is 13.1 Å². The van der Waals surface area contributed by atoms with Crippen LogP contribution in [0.25, 0.3) is 0 Å². The first-order chi connectivity index (χ1) is 7.84. The van der Waals surface area contributed by atoms with Gasteiger partial charge in [-0.3, -0.25) is 4.79 Å². The maximum atomic E-state index is 11.9. The van der Waals surface area contributed by atoms with Crippen molar-refractivity contribution < 1.29 is 4.79 Å². The molecule has 4 rings (SSSR count). The van der Waals surface area contributed by atoms with E-state index in [2.05, 4.69) is 28.1 Å². The minimum Gasteiger partial charge on any atom is -0.355 e. The van der Waals surface area contributed by atoms with E-state index in [1.54, 1.807) is 11.3 Å². The number of hydrogen-bond donors (Lipinski definition) is 2. The summed E-state index contributed by atoms with van der Waals surface area (Å²) >= 11 is 1.75. The number of fused-ring (bicyclic) bond motifs is 1. The number of hydrogen-bond acceptors (Lipinski definition) is 3. The number of nitrogens with one attached hydrogen (secondary N) is 2. The standard InChI is InChI=1S/C12H16N2OS/c15-12(11-8-6-10(11)14-7-8)13-4-3-9-2-1-5-16-9/h1-2,5,8,10-11,14H,3-4,6-7H2,(H,13,15). The van der Waals surface area contributed by atoms with Crippen molar-refractivity contribution in [3.05, 3.63) is 22.4 Å². The molecule has 0 radical (unpaired) electrons. The molecule has 3 aliphatic rings. The molecule has 2 N–H and O–H groups in total. The Bertz CT molecular complexity index is 362. The van der Waals surface area contributed by atoms with Crippen molar-refractivity contribution in [2.45, 2.75) is 18.9 Å². The number of rotatable bonds is 4. The van der Waals surface area contributed by atoms with Gasteiger partial charge in [0, 0.05) is 17.5 Å². The van der Waals surface area contributed by atoms with Gasteiger partial charge in [0.1, 0.15) is 0 Å². The molecule has 0 aromatic carbocycles. The van der Waals surface area contributed by atoms with Gasteiger partial charge >= 0.3 is 0 Å². The molecule has 3 nitrogen and oxygen atoms in total. The summed E-state index contributed by atoms with van der Waals surface area (Å²) in [5.74, 6) is 1.11. The molecule has 3 heterocycles. The second-order valence-electron chi connectivity index (χ2n) is 4.66. The zero-order chi connectivity index (χ0) is 11.0. The molecule has 0 spiro atoms. The highest BCUT2D eigenvalue weighted by molar-refractivity contribution is 7.09. The van der Waals surface area contributed by atoms with Gasteiger partial charge < -0.3 is 10.6 Å². The minimum atomic E-state index is 0.253. The van der Waals surface area contributed by atoms with Gasteiger partial charge in [0.05, 0.1) is 5.92 Å². The molecule has 16 heavy (non-hydrogen) atoms. The van der Waals surface area contributed by atoms with Crippen LogP contribution < -0.4 is 10.6 Å². The Labute approximate surface area is 99.2 Å². The van der Waals surface area contributed by atoms with Crippen LogP contribution in [0.1, 0.15) is 11.3 Å². The van der Waals surface area contributed by atoms with Crippen LogP contribution in [0.2, 0.25) is 0 Å². The molecular weight excluding hydrogens is 220 g/mol. The lowest BCUT2D eigenvalue weighted by atomic mass is 9.73. The second kappa shape index (κ2) is 4.18. The lowest BCUT2D eigenvalue weighted by molar-refractivity contribution is -0.129. The van der Waals surface area contributed by atoms with Crippen LogP contribution in [-0.2, 0) is 11.2 Å². The topological polar surface area (TPSA) is 41.1 Å². The number of thiophene rings is 1. The fourth-order valence-corrected chi connectivity index (χ4v) is 3.46. The zero-order valence-corrected chi connectivity index (χ0v) is 9.93. The van der Waals surface area contributed by atoms with Gasteiger partial charge in [0.25, 0.3) is 0 Å². The van der Waals surface area contributed by atoms with Gasteiger partial charge in [-0.1, -0.05) is 6.07 Å². The molecule has 86 valence electrons. The first-order valence-corrected chi connectivity index (χ1v) is 6.76. The Balaban J connectivity index is 1.44. The van der Waals surface area contributed by atoms with Crippen LogP contribution in [0, 0.1) is 11.8 Å². The molecule has 1 amide bonds. The van der Waals surface area contributed by atoms with Crippen LogP contribution >= 0.6 is 11.3 Å². The van der Waals surface area contributed by atoms with E-state index in [-0.39, 0.29) is 11.8 Å². The van der Waals surface area contributed by atoms with Gasteiger partial charge in [-0.2, -0.15) is 0 Å². The Morgan fingerprint density at radius 3 is 3.19 bits per heavy atom. The van der Waals surface area contributed by atoms with Crippen LogP contribution in [0.3, 0.4) is 0 Å². The summed E-state index contributed by atoms with van der Waals surface area (Å²) in [5.41, 5.74) is 0. The molecule has 3 unspecified atom stereocenters. The third-order valence-corrected chi connectivity index (χ3v) is 4.63. The fourth-order valence-electron chi connectivity index (χ4n) is 2.75. The largest absolute Gasteiger partial charge is 0.355 e. The molecule has 2 bridgehead atoms. The van der Waals surface area contributed by atoms with Crippen LogP contribution in [0.4, 0.5) is 0 Å². The number of amides is 1. The van der Waals surface area contributed by atoms with E-state index in [0.29, 0.717) is 12.0 Å². The summed E-state index contributed by atoms with van der Waals surface area (Å²) in [4.78, 5) is 13.2. The van der Waals surface area contributed by atoms with Gasteiger partial charge in [-0.25, -0.2) is 0 Å². The Morgan fingerprint density at radius 1 is 1.62 bits per heavy atom. The normalized spacial score (nSPS) is 31.1. The second-order valence-corrected chi connectivity index (χ2v) is 5.69. The number of carbonyl (C=O) groups is 1. The molecule has 4 heteroatoms. The molecule has 1 aromatic rings. The summed E-state index contributed by atoms with van der Waals surface area (Å²) in [6, 6.07) is 4.63. The van der Waals surface area contributed by atoms with E-state index in [0.717, 1.165) is 19.5 Å². The van der Waals surface area contributed by atoms with E-state index in [9.17, 15) is 4.79 Å². The van der Waals surface area contributed by atoms with Crippen molar-refractivity contribution in [1.29, 1.82) is 0 Å². The van der Waals surface area contributed by atoms with Crippen LogP contribution in [0.5, 0.6) is 0 Å². The third-order valence-electron chi connectivity index (χ3n) is 3.69. The van der Waals surface area contributed by atoms with E-state index in [4.69, 9.17) is 0 Å². The zero-order valence-electron chi connectivity index (χ0n) is 9.11. The highest BCUT2D eigenvalue weighted by Gasteiger charge is 2.50. The van der Waals surface area contributed by atoms with E-state index >= 15 is 0 Å². The maximum absolute atomic E-state index is 11.9. The molecule has 3 atom stereocenters. The van der Waals surface area contributed by atoms with E-state index in [1.807, 2.05) is 0 Å². The Morgan fingerprint density at radius 2 is 2.56 bits per heavy atom. The summed E-state index contributed by atoms with van der Waals surface area (Å²) in [5, 5.41) is 8.50. The van der Waals surface area contributed by atoms with Gasteiger partial charge in [-0.15, -0.1) is 11.3 Å².